The molecule has 0 bridgehead atoms. The summed E-state index contributed by atoms with van der Waals surface area (Å²) < 4.78 is 59.7. The zero-order valence-electron chi connectivity index (χ0n) is 42.7. The molecule has 17 nitrogen and oxygen atoms in total. The predicted octanol–water partition coefficient (Wildman–Crippen LogP) is 6.26. The molecule has 4 fully saturated rings. The lowest BCUT2D eigenvalue weighted by Gasteiger charge is -2.38. The van der Waals surface area contributed by atoms with E-state index in [1.54, 1.807) is 35.6 Å². The van der Waals surface area contributed by atoms with Crippen LogP contribution < -0.4 is 25.2 Å². The fourth-order valence-electron chi connectivity index (χ4n) is 10.7. The number of aliphatic hydroxyl groups is 1. The molecule has 3 aromatic carbocycles. The fraction of sp³-hybridized carbons (Fsp3) is 0.481. The van der Waals surface area contributed by atoms with Gasteiger partial charge in [-0.3, -0.25) is 29.1 Å². The molecule has 0 radical (unpaired) electrons. The summed E-state index contributed by atoms with van der Waals surface area (Å²) in [5.74, 6) is -0.777. The van der Waals surface area contributed by atoms with Crippen LogP contribution in [0, 0.1) is 23.7 Å². The number of alkyl halides is 3. The first-order valence-corrected chi connectivity index (χ1v) is 26.0. The number of carbonyl (C=O) groups excluding carboxylic acids is 4. The largest absolute Gasteiger partial charge is 0.491 e. The number of benzene rings is 3. The van der Waals surface area contributed by atoms with Crippen LogP contribution >= 0.6 is 11.3 Å². The van der Waals surface area contributed by atoms with Gasteiger partial charge in [-0.1, -0.05) is 44.2 Å². The molecule has 1 unspecified atom stereocenters. The van der Waals surface area contributed by atoms with Gasteiger partial charge in [-0.15, -0.1) is 11.3 Å². The average molecular weight is 1050 g/mol. The molecule has 9 rings (SSSR count). The van der Waals surface area contributed by atoms with E-state index in [-0.39, 0.29) is 55.3 Å². The van der Waals surface area contributed by atoms with Gasteiger partial charge in [0.05, 0.1) is 70.4 Å². The summed E-state index contributed by atoms with van der Waals surface area (Å²) in [5, 5.41) is 26.6. The van der Waals surface area contributed by atoms with Crippen molar-refractivity contribution in [2.45, 2.75) is 96.1 Å². The lowest BCUT2D eigenvalue weighted by Crippen LogP contribution is -2.55. The van der Waals surface area contributed by atoms with Crippen LogP contribution in [0.3, 0.4) is 0 Å². The van der Waals surface area contributed by atoms with Crippen molar-refractivity contribution in [2.24, 2.45) is 5.41 Å². The number of ether oxygens (including phenoxy) is 3. The Morgan fingerprint density at radius 2 is 1.65 bits per heavy atom. The van der Waals surface area contributed by atoms with Crippen molar-refractivity contribution in [3.05, 3.63) is 106 Å². The van der Waals surface area contributed by atoms with E-state index in [1.807, 2.05) is 57.5 Å². The molecule has 0 saturated carbocycles. The van der Waals surface area contributed by atoms with E-state index in [0.29, 0.717) is 74.9 Å². The van der Waals surface area contributed by atoms with E-state index in [1.165, 1.54) is 29.7 Å². The molecular formula is C54H62F3N9O8S. The lowest BCUT2D eigenvalue weighted by molar-refractivity contribution is -0.141. The summed E-state index contributed by atoms with van der Waals surface area (Å²) in [5.41, 5.74) is 1.85. The minimum absolute atomic E-state index is 0.0712. The Morgan fingerprint density at radius 1 is 0.973 bits per heavy atom. The molecule has 398 valence electrons. The Morgan fingerprint density at radius 3 is 2.33 bits per heavy atom. The second-order valence-corrected chi connectivity index (χ2v) is 21.9. The summed E-state index contributed by atoms with van der Waals surface area (Å²) in [7, 11) is 0. The first kappa shape index (κ1) is 53.4. The monoisotopic (exact) mass is 1050 g/mol. The topological polar surface area (TPSA) is 193 Å². The van der Waals surface area contributed by atoms with Gasteiger partial charge in [0, 0.05) is 69.0 Å². The van der Waals surface area contributed by atoms with E-state index in [9.17, 15) is 42.7 Å². The lowest BCUT2D eigenvalue weighted by atomic mass is 9.85. The number of imide groups is 1. The van der Waals surface area contributed by atoms with E-state index >= 15 is 0 Å². The van der Waals surface area contributed by atoms with Gasteiger partial charge in [-0.25, -0.2) is 14.7 Å². The van der Waals surface area contributed by atoms with Crippen molar-refractivity contribution in [1.29, 1.82) is 5.26 Å². The highest BCUT2D eigenvalue weighted by Gasteiger charge is 2.53. The molecule has 3 N–H and O–H groups in total. The number of likely N-dealkylation sites (tertiary alicyclic amines) is 1. The van der Waals surface area contributed by atoms with Crippen molar-refractivity contribution in [2.75, 3.05) is 75.4 Å². The van der Waals surface area contributed by atoms with Gasteiger partial charge in [-0.05, 0) is 81.3 Å². The number of hydrogen-bond donors (Lipinski definition) is 3. The van der Waals surface area contributed by atoms with Crippen LogP contribution in [0.25, 0.3) is 10.4 Å². The van der Waals surface area contributed by atoms with E-state index in [0.717, 1.165) is 39.5 Å². The molecular weight excluding hydrogens is 992 g/mol. The molecule has 0 aliphatic carbocycles. The van der Waals surface area contributed by atoms with Crippen molar-refractivity contribution in [3.63, 3.8) is 0 Å². The highest BCUT2D eigenvalue weighted by Crippen LogP contribution is 2.40. The number of amides is 5. The van der Waals surface area contributed by atoms with Crippen LogP contribution in [-0.2, 0) is 30.0 Å². The first-order valence-electron chi connectivity index (χ1n) is 25.1. The number of morpholine rings is 2. The van der Waals surface area contributed by atoms with Crippen LogP contribution in [0.2, 0.25) is 0 Å². The predicted molar refractivity (Wildman–Crippen MR) is 274 cm³/mol. The zero-order valence-corrected chi connectivity index (χ0v) is 43.5. The maximum Gasteiger partial charge on any atom is 0.417 e. The molecule has 5 amide bonds. The number of aliphatic hydroxyl groups excluding tert-OH is 1. The van der Waals surface area contributed by atoms with Crippen molar-refractivity contribution in [3.8, 4) is 22.3 Å². The molecule has 4 aromatic rings. The van der Waals surface area contributed by atoms with Gasteiger partial charge < -0.3 is 34.9 Å². The molecule has 1 aromatic heterocycles. The number of rotatable bonds is 14. The average Bonchev–Trinajstić information content (AvgIpc) is 4.11. The molecule has 21 heteroatoms. The summed E-state index contributed by atoms with van der Waals surface area (Å²) >= 11 is 1.58. The normalized spacial score (nSPS) is 24.5. The first-order chi connectivity index (χ1) is 35.6. The Hall–Kier alpha value is -6.41. The van der Waals surface area contributed by atoms with Gasteiger partial charge in [0.15, 0.2) is 0 Å². The fourth-order valence-corrected chi connectivity index (χ4v) is 11.5. The minimum atomic E-state index is -4.87. The number of urea groups is 1. The van der Waals surface area contributed by atoms with E-state index in [2.05, 4.69) is 31.5 Å². The van der Waals surface area contributed by atoms with Crippen LogP contribution in [0.15, 0.2) is 84.0 Å². The SMILES string of the molecule is Cc1ncsc1-c1ccc([C@H](C)NC(=O)[C@@H]2C[C@@H](O)CN2C(=O)[C@H]2NC(CN3CCOC(CN4CCO[C@@H](COc5ccc(N6C(=O)N(c7ccc(C#N)c(C(F)(F)F)c7)C(=O)C6(C)C)cc5)C4)C3)=CC2(C)C)cc1. The number of carbonyl (C=O) groups is 4. The Labute approximate surface area is 437 Å². The molecule has 5 aliphatic heterocycles. The summed E-state index contributed by atoms with van der Waals surface area (Å²) in [6, 6.07) is 16.2. The van der Waals surface area contributed by atoms with Gasteiger partial charge in [0.25, 0.3) is 5.91 Å². The number of anilines is 2. The number of aromatic nitrogens is 1. The maximum atomic E-state index is 14.3. The number of hydrogen-bond acceptors (Lipinski definition) is 14. The molecule has 75 heavy (non-hydrogen) atoms. The number of aryl methyl sites for hydroxylation is 1. The van der Waals surface area contributed by atoms with Gasteiger partial charge >= 0.3 is 12.2 Å². The van der Waals surface area contributed by atoms with E-state index in [4.69, 9.17) is 14.2 Å². The smallest absolute Gasteiger partial charge is 0.417 e. The van der Waals surface area contributed by atoms with Gasteiger partial charge in [0.1, 0.15) is 36.1 Å². The molecule has 0 spiro atoms. The number of nitrogens with zero attached hydrogens (tertiary/aromatic N) is 7. The van der Waals surface area contributed by atoms with Gasteiger partial charge in [-0.2, -0.15) is 18.4 Å². The van der Waals surface area contributed by atoms with Crippen LogP contribution in [0.4, 0.5) is 29.3 Å². The Bertz CT molecular complexity index is 2870. The molecule has 6 heterocycles. The Kier molecular flexibility index (Phi) is 15.2. The second kappa shape index (κ2) is 21.3. The van der Waals surface area contributed by atoms with Crippen LogP contribution in [0.5, 0.6) is 5.75 Å². The maximum absolute atomic E-state index is 14.3. The highest BCUT2D eigenvalue weighted by atomic mass is 32.1. The van der Waals surface area contributed by atoms with Gasteiger partial charge in [0.2, 0.25) is 11.8 Å². The van der Waals surface area contributed by atoms with Crippen molar-refractivity contribution >= 4 is 46.5 Å². The zero-order chi connectivity index (χ0) is 53.6. The number of nitriles is 1. The minimum Gasteiger partial charge on any atom is -0.491 e. The standard InChI is InChI=1S/C54H62F3N9O8S/c1-32(34-7-9-35(10-8-34)46-33(2)59-31-75-46)60-48(68)45-22-40(67)26-64(45)49(69)47-52(3,4)23-37(61-47)25-62-17-19-72-42(27-62)28-63-18-20-73-43(29-63)30-74-41-15-13-38(14-16-41)66-51(71)65(50(70)53(66,5)6)39-12-11-36(24-58)44(21-39)54(55,56)57/h7-16,21,23,31-32,40,42-43,45,47,61,67H,17-20,22,25-30H2,1-6H3,(H,60,68)/t32-,40+,42?,43+,45-,47+/m0/s1. The van der Waals surface area contributed by atoms with Crippen molar-refractivity contribution < 1.29 is 51.7 Å². The number of nitrogens with one attached hydrogen (secondary N) is 2. The third-order valence-corrected chi connectivity index (χ3v) is 15.7. The number of β-amino-alcohol motifs (C(OH)–C–C–N with tert-alkyl or cyclic N) is 1. The number of thiazole rings is 1. The van der Waals surface area contributed by atoms with Crippen molar-refractivity contribution in [1.82, 2.24) is 30.3 Å². The quantitative estimate of drug-likeness (QED) is 0.120. The number of halogens is 3. The Balaban J connectivity index is 0.744. The summed E-state index contributed by atoms with van der Waals surface area (Å²) in [4.78, 5) is 68.9. The summed E-state index contributed by atoms with van der Waals surface area (Å²) in [6.45, 7) is 16.1. The third-order valence-electron chi connectivity index (χ3n) is 14.7. The molecule has 5 aliphatic rings. The van der Waals surface area contributed by atoms with Crippen LogP contribution in [-0.4, -0.2) is 150 Å². The van der Waals surface area contributed by atoms with Crippen LogP contribution in [0.1, 0.15) is 69.5 Å². The second-order valence-electron chi connectivity index (χ2n) is 21.0. The van der Waals surface area contributed by atoms with E-state index < -0.39 is 58.4 Å². The summed E-state index contributed by atoms with van der Waals surface area (Å²) in [6.07, 6.45) is -3.79. The molecule has 4 saturated heterocycles. The third kappa shape index (κ3) is 11.3. The highest BCUT2D eigenvalue weighted by molar-refractivity contribution is 7.13. The molecule has 6 atom stereocenters.